The van der Waals surface area contributed by atoms with Gasteiger partial charge in [-0.1, -0.05) is 54.1 Å². The summed E-state index contributed by atoms with van der Waals surface area (Å²) in [5.41, 5.74) is 1.87. The summed E-state index contributed by atoms with van der Waals surface area (Å²) >= 11 is 6.64. The number of carbonyl (C=O) groups excluding carboxylic acids is 1. The van der Waals surface area contributed by atoms with E-state index in [-0.39, 0.29) is 12.5 Å². The van der Waals surface area contributed by atoms with Gasteiger partial charge in [-0.3, -0.25) is 4.79 Å². The minimum atomic E-state index is -0.145. The van der Waals surface area contributed by atoms with E-state index in [1.165, 1.54) is 0 Å². The van der Waals surface area contributed by atoms with E-state index < -0.39 is 0 Å². The standard InChI is InChI=1S/C23H23ClN2O3/c1-25(17-7-3-2-4-8-17)22(27)16-29-21-15-20(26-11-13-28-14-12-26)18-9-5-6-10-19(18)23(21)24/h2-10,15H,11-14,16H2,1H3. The van der Waals surface area contributed by atoms with Crippen LogP contribution in [0.2, 0.25) is 5.02 Å². The van der Waals surface area contributed by atoms with Crippen LogP contribution in [0.4, 0.5) is 11.4 Å². The number of rotatable bonds is 5. The lowest BCUT2D eigenvalue weighted by Gasteiger charge is -2.30. The van der Waals surface area contributed by atoms with Gasteiger partial charge in [0.25, 0.3) is 5.91 Å². The number of benzene rings is 3. The molecule has 6 heteroatoms. The Morgan fingerprint density at radius 1 is 1.07 bits per heavy atom. The summed E-state index contributed by atoms with van der Waals surface area (Å²) in [6.07, 6.45) is 0. The molecule has 0 aromatic heterocycles. The molecule has 0 spiro atoms. The highest BCUT2D eigenvalue weighted by Crippen LogP contribution is 2.39. The van der Waals surface area contributed by atoms with Crippen LogP contribution in [0.1, 0.15) is 0 Å². The fourth-order valence-electron chi connectivity index (χ4n) is 3.50. The van der Waals surface area contributed by atoms with E-state index in [0.29, 0.717) is 24.0 Å². The number of morpholine rings is 1. The van der Waals surface area contributed by atoms with E-state index >= 15 is 0 Å². The first-order valence-electron chi connectivity index (χ1n) is 9.63. The van der Waals surface area contributed by atoms with Crippen LogP contribution in [0.3, 0.4) is 0 Å². The molecule has 1 heterocycles. The van der Waals surface area contributed by atoms with E-state index in [9.17, 15) is 4.79 Å². The zero-order valence-corrected chi connectivity index (χ0v) is 17.1. The van der Waals surface area contributed by atoms with Crippen LogP contribution < -0.4 is 14.5 Å². The number of carbonyl (C=O) groups is 1. The van der Waals surface area contributed by atoms with Gasteiger partial charge in [0.15, 0.2) is 6.61 Å². The summed E-state index contributed by atoms with van der Waals surface area (Å²) in [4.78, 5) is 16.5. The molecule has 1 aliphatic rings. The van der Waals surface area contributed by atoms with E-state index in [2.05, 4.69) is 11.0 Å². The molecular formula is C23H23ClN2O3. The van der Waals surface area contributed by atoms with Crippen LogP contribution in [0.15, 0.2) is 60.7 Å². The Labute approximate surface area is 175 Å². The van der Waals surface area contributed by atoms with Gasteiger partial charge >= 0.3 is 0 Å². The van der Waals surface area contributed by atoms with Gasteiger partial charge in [-0.2, -0.15) is 0 Å². The second-order valence-corrected chi connectivity index (χ2v) is 7.31. The SMILES string of the molecule is CN(C(=O)COc1cc(N2CCOCC2)c2ccccc2c1Cl)c1ccccc1. The molecule has 3 aromatic rings. The van der Waals surface area contributed by atoms with Crippen molar-refractivity contribution in [1.82, 2.24) is 0 Å². The van der Waals surface area contributed by atoms with E-state index in [0.717, 1.165) is 35.2 Å². The first-order chi connectivity index (χ1) is 14.1. The molecule has 4 rings (SSSR count). The lowest BCUT2D eigenvalue weighted by molar-refractivity contribution is -0.120. The van der Waals surface area contributed by atoms with E-state index in [4.69, 9.17) is 21.1 Å². The molecule has 3 aromatic carbocycles. The highest BCUT2D eigenvalue weighted by molar-refractivity contribution is 6.37. The first kappa shape index (κ1) is 19.6. The van der Waals surface area contributed by atoms with Gasteiger partial charge in [-0.05, 0) is 12.1 Å². The molecule has 150 valence electrons. The monoisotopic (exact) mass is 410 g/mol. The van der Waals surface area contributed by atoms with Crippen molar-refractivity contribution < 1.29 is 14.3 Å². The van der Waals surface area contributed by atoms with Crippen LogP contribution >= 0.6 is 11.6 Å². The fraction of sp³-hybridized carbons (Fsp3) is 0.261. The highest BCUT2D eigenvalue weighted by atomic mass is 35.5. The Morgan fingerprint density at radius 3 is 2.45 bits per heavy atom. The summed E-state index contributed by atoms with van der Waals surface area (Å²) in [5, 5.41) is 2.50. The van der Waals surface area contributed by atoms with Gasteiger partial charge in [0.1, 0.15) is 5.75 Å². The van der Waals surface area contributed by atoms with Crippen molar-refractivity contribution in [2.24, 2.45) is 0 Å². The third-order valence-corrected chi connectivity index (χ3v) is 5.53. The van der Waals surface area contributed by atoms with Gasteiger partial charge < -0.3 is 19.3 Å². The molecule has 0 atom stereocenters. The molecule has 1 aliphatic heterocycles. The van der Waals surface area contributed by atoms with E-state index in [1.807, 2.05) is 54.6 Å². The summed E-state index contributed by atoms with van der Waals surface area (Å²) < 4.78 is 11.4. The predicted octanol–water partition coefficient (Wildman–Crippen LogP) is 4.37. The van der Waals surface area contributed by atoms with Crippen LogP contribution in [0.25, 0.3) is 10.8 Å². The highest BCUT2D eigenvalue weighted by Gasteiger charge is 2.19. The van der Waals surface area contributed by atoms with Crippen LogP contribution in [-0.4, -0.2) is 45.9 Å². The smallest absolute Gasteiger partial charge is 0.264 e. The van der Waals surface area contributed by atoms with Gasteiger partial charge in [0.05, 0.1) is 18.2 Å². The summed E-state index contributed by atoms with van der Waals surface area (Å²) in [6, 6.07) is 19.4. The lowest BCUT2D eigenvalue weighted by atomic mass is 10.1. The molecular weight excluding hydrogens is 388 g/mol. The van der Waals surface area contributed by atoms with Crippen molar-refractivity contribution in [3.05, 3.63) is 65.7 Å². The molecule has 0 saturated carbocycles. The van der Waals surface area contributed by atoms with Crippen LogP contribution in [0, 0.1) is 0 Å². The van der Waals surface area contributed by atoms with Crippen molar-refractivity contribution in [2.75, 3.05) is 49.8 Å². The van der Waals surface area contributed by atoms with Crippen LogP contribution in [-0.2, 0) is 9.53 Å². The van der Waals surface area contributed by atoms with Crippen molar-refractivity contribution in [2.45, 2.75) is 0 Å². The van der Waals surface area contributed by atoms with Crippen molar-refractivity contribution in [1.29, 1.82) is 0 Å². The van der Waals surface area contributed by atoms with Crippen molar-refractivity contribution in [3.63, 3.8) is 0 Å². The molecule has 1 saturated heterocycles. The zero-order chi connectivity index (χ0) is 20.2. The van der Waals surface area contributed by atoms with Crippen molar-refractivity contribution in [3.8, 4) is 5.75 Å². The number of hydrogen-bond donors (Lipinski definition) is 0. The molecule has 1 amide bonds. The third-order valence-electron chi connectivity index (χ3n) is 5.14. The van der Waals surface area contributed by atoms with Gasteiger partial charge in [0.2, 0.25) is 0 Å². The van der Waals surface area contributed by atoms with Gasteiger partial charge in [-0.15, -0.1) is 0 Å². The molecule has 1 fully saturated rings. The molecule has 0 bridgehead atoms. The Bertz CT molecular complexity index is 1000. The molecule has 29 heavy (non-hydrogen) atoms. The second-order valence-electron chi connectivity index (χ2n) is 6.93. The van der Waals surface area contributed by atoms with E-state index in [1.54, 1.807) is 11.9 Å². The number of hydrogen-bond acceptors (Lipinski definition) is 4. The summed E-state index contributed by atoms with van der Waals surface area (Å²) in [6.45, 7) is 2.90. The molecule has 0 unspecified atom stereocenters. The maximum atomic E-state index is 12.6. The normalized spacial score (nSPS) is 14.1. The Kier molecular flexibility index (Phi) is 5.88. The third kappa shape index (κ3) is 4.16. The second kappa shape index (κ2) is 8.72. The van der Waals surface area contributed by atoms with Gasteiger partial charge in [0, 0.05) is 48.4 Å². The molecule has 0 aliphatic carbocycles. The fourth-order valence-corrected chi connectivity index (χ4v) is 3.77. The topological polar surface area (TPSA) is 42.0 Å². The quantitative estimate of drug-likeness (QED) is 0.626. The Morgan fingerprint density at radius 2 is 1.72 bits per heavy atom. The largest absolute Gasteiger partial charge is 0.482 e. The number of halogens is 1. The minimum absolute atomic E-state index is 0.0913. The maximum absolute atomic E-state index is 12.6. The number of amides is 1. The lowest BCUT2D eigenvalue weighted by Crippen LogP contribution is -2.36. The van der Waals surface area contributed by atoms with Crippen molar-refractivity contribution >= 4 is 39.7 Å². The van der Waals surface area contributed by atoms with Crippen LogP contribution in [0.5, 0.6) is 5.75 Å². The molecule has 5 nitrogen and oxygen atoms in total. The Hall–Kier alpha value is -2.76. The predicted molar refractivity (Wildman–Crippen MR) is 117 cm³/mol. The number of fused-ring (bicyclic) bond motifs is 1. The summed E-state index contributed by atoms with van der Waals surface area (Å²) in [5.74, 6) is 0.370. The van der Waals surface area contributed by atoms with Gasteiger partial charge in [-0.25, -0.2) is 0 Å². The number of likely N-dealkylation sites (N-methyl/N-ethyl adjacent to an activating group) is 1. The zero-order valence-electron chi connectivity index (χ0n) is 16.3. The number of ether oxygens (including phenoxy) is 2. The number of para-hydroxylation sites is 1. The minimum Gasteiger partial charge on any atom is -0.482 e. The summed E-state index contributed by atoms with van der Waals surface area (Å²) in [7, 11) is 1.74. The number of nitrogens with zero attached hydrogens (tertiary/aromatic N) is 2. The average molecular weight is 411 g/mol. The maximum Gasteiger partial charge on any atom is 0.264 e. The average Bonchev–Trinajstić information content (AvgIpc) is 2.79. The molecule has 0 radical (unpaired) electrons. The molecule has 0 N–H and O–H groups in total. The Balaban J connectivity index is 1.60. The first-order valence-corrected chi connectivity index (χ1v) is 10.0. The number of anilines is 2.